The van der Waals surface area contributed by atoms with Gasteiger partial charge in [0.15, 0.2) is 5.78 Å². The van der Waals surface area contributed by atoms with Gasteiger partial charge in [0.2, 0.25) is 9.84 Å². The average Bonchev–Trinajstić information content (AvgIpc) is 2.72. The highest BCUT2D eigenvalue weighted by Crippen LogP contribution is 2.40. The number of carbonyl (C=O) groups is 1. The van der Waals surface area contributed by atoms with Crippen molar-refractivity contribution in [2.75, 3.05) is 0 Å². The Morgan fingerprint density at radius 2 is 1.83 bits per heavy atom. The van der Waals surface area contributed by atoms with Crippen molar-refractivity contribution in [3.05, 3.63) is 39.4 Å². The van der Waals surface area contributed by atoms with Gasteiger partial charge < -0.3 is 0 Å². The molecule has 0 N–H and O–H groups in total. The maximum atomic E-state index is 12.5. The fourth-order valence-electron chi connectivity index (χ4n) is 1.82. The molecule has 0 radical (unpaired) electrons. The van der Waals surface area contributed by atoms with E-state index in [4.69, 9.17) is 0 Å². The maximum Gasteiger partial charge on any atom is 0.204 e. The normalized spacial score (nSPS) is 19.4. The summed E-state index contributed by atoms with van der Waals surface area (Å²) >= 11 is 1.32. The molecule has 1 aromatic rings. The summed E-state index contributed by atoms with van der Waals surface area (Å²) in [5.41, 5.74) is -0.578. The summed E-state index contributed by atoms with van der Waals surface area (Å²) in [6.07, 6.45) is 2.43. The second-order valence-corrected chi connectivity index (χ2v) is 7.98. The molecule has 0 bridgehead atoms. The van der Waals surface area contributed by atoms with E-state index in [1.54, 1.807) is 38.3 Å². The molecule has 0 saturated heterocycles. The number of ketones is 1. The summed E-state index contributed by atoms with van der Waals surface area (Å²) in [6.45, 7) is 5.38. The van der Waals surface area contributed by atoms with Crippen LogP contribution in [0, 0.1) is 5.41 Å². The predicted molar refractivity (Wildman–Crippen MR) is 73.8 cm³/mol. The number of hydrogen-bond acceptors (Lipinski definition) is 4. The van der Waals surface area contributed by atoms with E-state index < -0.39 is 15.3 Å². The molecule has 0 spiro atoms. The van der Waals surface area contributed by atoms with E-state index in [1.165, 1.54) is 23.5 Å². The van der Waals surface area contributed by atoms with Crippen molar-refractivity contribution in [3.8, 4) is 0 Å². The summed E-state index contributed by atoms with van der Waals surface area (Å²) in [7, 11) is -3.57. The fraction of sp³-hybridized carbons (Fsp3) is 0.308. The van der Waals surface area contributed by atoms with E-state index in [9.17, 15) is 13.2 Å². The third-order valence-electron chi connectivity index (χ3n) is 2.63. The SMILES string of the molecule is CC(C)(C)C1=CC(=O)C=C(c2cccs2)S1(=O)=O. The lowest BCUT2D eigenvalue weighted by atomic mass is 9.95. The molecule has 0 aliphatic carbocycles. The topological polar surface area (TPSA) is 51.2 Å². The minimum atomic E-state index is -3.57. The number of carbonyl (C=O) groups excluding carboxylic acids is 1. The molecule has 0 unspecified atom stereocenters. The van der Waals surface area contributed by atoms with Crippen LogP contribution in [0.1, 0.15) is 25.6 Å². The Hall–Kier alpha value is -1.20. The van der Waals surface area contributed by atoms with Crippen molar-refractivity contribution in [1.82, 2.24) is 0 Å². The first kappa shape index (κ1) is 13.2. The van der Waals surface area contributed by atoms with Crippen LogP contribution < -0.4 is 0 Å². The number of rotatable bonds is 1. The van der Waals surface area contributed by atoms with E-state index in [0.717, 1.165) is 0 Å². The van der Waals surface area contributed by atoms with Gasteiger partial charge in [-0.1, -0.05) is 26.8 Å². The second-order valence-electron chi connectivity index (χ2n) is 5.15. The van der Waals surface area contributed by atoms with Gasteiger partial charge in [0, 0.05) is 17.0 Å². The van der Waals surface area contributed by atoms with Crippen molar-refractivity contribution < 1.29 is 13.2 Å². The number of thiophene rings is 1. The third kappa shape index (κ3) is 2.20. The van der Waals surface area contributed by atoms with Gasteiger partial charge in [-0.25, -0.2) is 8.42 Å². The summed E-state index contributed by atoms with van der Waals surface area (Å²) in [4.78, 5) is 12.6. The molecule has 2 heterocycles. The molecule has 0 aromatic carbocycles. The molecule has 0 amide bonds. The van der Waals surface area contributed by atoms with Gasteiger partial charge >= 0.3 is 0 Å². The molecule has 1 aliphatic heterocycles. The van der Waals surface area contributed by atoms with Crippen LogP contribution in [0.25, 0.3) is 4.91 Å². The van der Waals surface area contributed by atoms with Gasteiger partial charge in [-0.05, 0) is 16.9 Å². The molecule has 3 nitrogen and oxygen atoms in total. The van der Waals surface area contributed by atoms with Crippen LogP contribution in [-0.2, 0) is 14.6 Å². The molecular formula is C13H14O3S2. The van der Waals surface area contributed by atoms with Gasteiger partial charge in [0.25, 0.3) is 0 Å². The average molecular weight is 282 g/mol. The highest BCUT2D eigenvalue weighted by Gasteiger charge is 2.36. The molecule has 1 aromatic heterocycles. The molecular weight excluding hydrogens is 268 g/mol. The van der Waals surface area contributed by atoms with Crippen LogP contribution >= 0.6 is 11.3 Å². The Morgan fingerprint density at radius 3 is 2.33 bits per heavy atom. The summed E-state index contributed by atoms with van der Waals surface area (Å²) in [5.74, 6) is -0.266. The van der Waals surface area contributed by atoms with Crippen molar-refractivity contribution in [2.24, 2.45) is 5.41 Å². The third-order valence-corrected chi connectivity index (χ3v) is 5.89. The minimum Gasteiger partial charge on any atom is -0.290 e. The van der Waals surface area contributed by atoms with Gasteiger partial charge in [-0.15, -0.1) is 11.3 Å². The largest absolute Gasteiger partial charge is 0.290 e. The van der Waals surface area contributed by atoms with Gasteiger partial charge in [-0.3, -0.25) is 4.79 Å². The Labute approximate surface area is 111 Å². The van der Waals surface area contributed by atoms with Crippen LogP contribution in [0.15, 0.2) is 34.6 Å². The molecule has 0 atom stereocenters. The standard InChI is InChI=1S/C13H14O3S2/c1-13(2,3)12-8-9(14)7-11(18(12,15)16)10-5-4-6-17-10/h4-8H,1-3H3. The molecule has 0 saturated carbocycles. The van der Waals surface area contributed by atoms with Gasteiger partial charge in [0.1, 0.15) is 0 Å². The quantitative estimate of drug-likeness (QED) is 0.795. The highest BCUT2D eigenvalue weighted by molar-refractivity contribution is 8.04. The van der Waals surface area contributed by atoms with Crippen LogP contribution in [0.4, 0.5) is 0 Å². The Morgan fingerprint density at radius 1 is 1.17 bits per heavy atom. The Balaban J connectivity index is 2.63. The lowest BCUT2D eigenvalue weighted by molar-refractivity contribution is -0.110. The lowest BCUT2D eigenvalue weighted by Crippen LogP contribution is -2.23. The second kappa shape index (κ2) is 4.17. The zero-order chi connectivity index (χ0) is 13.6. The zero-order valence-corrected chi connectivity index (χ0v) is 12.1. The lowest BCUT2D eigenvalue weighted by Gasteiger charge is -2.25. The molecule has 18 heavy (non-hydrogen) atoms. The van der Waals surface area contributed by atoms with Crippen LogP contribution in [0.5, 0.6) is 0 Å². The van der Waals surface area contributed by atoms with Crippen molar-refractivity contribution in [2.45, 2.75) is 20.8 Å². The van der Waals surface area contributed by atoms with Crippen molar-refractivity contribution >= 4 is 31.9 Å². The first-order chi connectivity index (χ1) is 8.23. The Bertz CT molecular complexity index is 639. The monoisotopic (exact) mass is 282 g/mol. The maximum absolute atomic E-state index is 12.5. The molecule has 5 heteroatoms. The fourth-order valence-corrected chi connectivity index (χ4v) is 4.84. The first-order valence-electron chi connectivity index (χ1n) is 5.50. The summed E-state index contributed by atoms with van der Waals surface area (Å²) in [5, 5.41) is 1.80. The van der Waals surface area contributed by atoms with E-state index in [0.29, 0.717) is 4.88 Å². The van der Waals surface area contributed by atoms with E-state index in [-0.39, 0.29) is 15.6 Å². The smallest absolute Gasteiger partial charge is 0.204 e. The summed E-state index contributed by atoms with van der Waals surface area (Å²) in [6, 6.07) is 3.49. The zero-order valence-electron chi connectivity index (χ0n) is 10.4. The van der Waals surface area contributed by atoms with E-state index in [1.807, 2.05) is 0 Å². The highest BCUT2D eigenvalue weighted by atomic mass is 32.2. The number of sulfone groups is 1. The van der Waals surface area contributed by atoms with Crippen molar-refractivity contribution in [1.29, 1.82) is 0 Å². The minimum absolute atomic E-state index is 0.120. The predicted octanol–water partition coefficient (Wildman–Crippen LogP) is 3.02. The number of allylic oxidation sites excluding steroid dienone is 3. The van der Waals surface area contributed by atoms with E-state index >= 15 is 0 Å². The summed E-state index contributed by atoms with van der Waals surface area (Å²) < 4.78 is 25.0. The number of hydrogen-bond donors (Lipinski definition) is 0. The molecule has 96 valence electrons. The Kier molecular flexibility index (Phi) is 3.07. The first-order valence-corrected chi connectivity index (χ1v) is 7.86. The molecule has 2 rings (SSSR count). The van der Waals surface area contributed by atoms with Crippen LogP contribution in [0.3, 0.4) is 0 Å². The molecule has 1 aliphatic rings. The van der Waals surface area contributed by atoms with Gasteiger partial charge in [-0.2, -0.15) is 0 Å². The van der Waals surface area contributed by atoms with Crippen molar-refractivity contribution in [3.63, 3.8) is 0 Å². The molecule has 0 fully saturated rings. The van der Waals surface area contributed by atoms with E-state index in [2.05, 4.69) is 0 Å². The van der Waals surface area contributed by atoms with Crippen LogP contribution in [-0.4, -0.2) is 14.2 Å². The van der Waals surface area contributed by atoms with Crippen LogP contribution in [0.2, 0.25) is 0 Å². The van der Waals surface area contributed by atoms with Gasteiger partial charge in [0.05, 0.1) is 9.81 Å².